The van der Waals surface area contributed by atoms with Crippen molar-refractivity contribution < 1.29 is 0 Å². The number of nitrogens with zero attached hydrogens (tertiary/aromatic N) is 2. The number of fused-ring (bicyclic) bond motifs is 4. The van der Waals surface area contributed by atoms with Gasteiger partial charge in [0.05, 0.1) is 16.7 Å². The van der Waals surface area contributed by atoms with Gasteiger partial charge in [0.25, 0.3) is 0 Å². The van der Waals surface area contributed by atoms with Crippen LogP contribution in [0.25, 0.3) is 60.5 Å². The number of hydrogen-bond donors (Lipinski definition) is 0. The molecular formula is C64H46N2Si. The Morgan fingerprint density at radius 2 is 0.806 bits per heavy atom. The lowest BCUT2D eigenvalue weighted by Gasteiger charge is -2.34. The fraction of sp³-hybridized carbons (Fsp3) is 0. The van der Waals surface area contributed by atoms with Crippen LogP contribution in [0.2, 0.25) is 0 Å². The summed E-state index contributed by atoms with van der Waals surface area (Å²) in [4.78, 5) is 2.45. The highest BCUT2D eigenvalue weighted by atomic mass is 28.3. The van der Waals surface area contributed by atoms with Gasteiger partial charge in [0.1, 0.15) is 0 Å². The Kier molecular flexibility index (Phi) is 10.2. The minimum absolute atomic E-state index is 1.08. The number of benzene rings is 11. The van der Waals surface area contributed by atoms with Crippen molar-refractivity contribution >= 4 is 78.5 Å². The van der Waals surface area contributed by atoms with Crippen LogP contribution in [-0.4, -0.2) is 12.6 Å². The molecule has 11 aromatic carbocycles. The quantitative estimate of drug-likeness (QED) is 0.0982. The van der Waals surface area contributed by atoms with Gasteiger partial charge in [-0.15, -0.1) is 0 Å². The summed E-state index contributed by atoms with van der Waals surface area (Å²) in [6.07, 6.45) is 0. The first-order valence-corrected chi connectivity index (χ1v) is 25.1. The zero-order valence-electron chi connectivity index (χ0n) is 37.0. The molecule has 0 amide bonds. The van der Waals surface area contributed by atoms with E-state index in [4.69, 9.17) is 0 Å². The second-order valence-electron chi connectivity index (χ2n) is 17.3. The van der Waals surface area contributed by atoms with E-state index < -0.39 is 8.07 Å². The predicted octanol–water partition coefficient (Wildman–Crippen LogP) is 14.1. The molecular weight excluding hydrogens is 825 g/mol. The summed E-state index contributed by atoms with van der Waals surface area (Å²) in [6.45, 7) is 0. The van der Waals surface area contributed by atoms with E-state index in [1.807, 2.05) is 0 Å². The van der Waals surface area contributed by atoms with Gasteiger partial charge < -0.3 is 9.47 Å². The highest BCUT2D eigenvalue weighted by Crippen LogP contribution is 2.45. The third kappa shape index (κ3) is 7.05. The van der Waals surface area contributed by atoms with Crippen molar-refractivity contribution in [3.8, 4) is 27.9 Å². The molecule has 12 aromatic rings. The standard InChI is InChI=1S/C64H46N2Si/c1-5-24-53(25-6-1)66-61-35-16-15-34-60(61)64-62(36-19-37-63(64)66)65(55-26-17-22-50(45-55)52-39-38-47-20-13-14-21-49(47)44-52)54-42-40-48(41-43-54)51-23-18-33-59(46-51)67(56-27-7-2-8-28-56,57-29-9-3-10-30-57)58-31-11-4-12-32-58/h1-46H. The van der Waals surface area contributed by atoms with Crippen LogP contribution < -0.4 is 25.6 Å². The molecule has 0 saturated carbocycles. The molecule has 0 radical (unpaired) electrons. The zero-order chi connectivity index (χ0) is 44.6. The molecule has 0 atom stereocenters. The molecule has 12 rings (SSSR count). The second kappa shape index (κ2) is 17.1. The van der Waals surface area contributed by atoms with Crippen LogP contribution in [0.5, 0.6) is 0 Å². The van der Waals surface area contributed by atoms with Gasteiger partial charge in [-0.3, -0.25) is 0 Å². The Morgan fingerprint density at radius 1 is 0.299 bits per heavy atom. The maximum atomic E-state index is 2.46. The Hall–Kier alpha value is -8.50. The van der Waals surface area contributed by atoms with Crippen LogP contribution in [-0.2, 0) is 0 Å². The van der Waals surface area contributed by atoms with Gasteiger partial charge in [0, 0.05) is 27.8 Å². The van der Waals surface area contributed by atoms with E-state index >= 15 is 0 Å². The molecule has 0 spiro atoms. The first-order chi connectivity index (χ1) is 33.2. The number of hydrogen-bond acceptors (Lipinski definition) is 1. The SMILES string of the molecule is c1ccc(-n2c3ccccc3c3c(N(c4ccc(-c5cccc([Si](c6ccccc6)(c6ccccc6)c6ccccc6)c5)cc4)c4cccc(-c5ccc6ccccc6c5)c4)cccc32)cc1. The predicted molar refractivity (Wildman–Crippen MR) is 287 cm³/mol. The molecule has 0 unspecified atom stereocenters. The Bertz CT molecular complexity index is 3580. The van der Waals surface area contributed by atoms with Crippen LogP contribution in [0, 0.1) is 0 Å². The van der Waals surface area contributed by atoms with Gasteiger partial charge >= 0.3 is 0 Å². The summed E-state index contributed by atoms with van der Waals surface area (Å²) in [5.74, 6) is 0. The fourth-order valence-electron chi connectivity index (χ4n) is 10.5. The van der Waals surface area contributed by atoms with Crippen LogP contribution in [0.15, 0.2) is 279 Å². The minimum Gasteiger partial charge on any atom is -0.310 e. The molecule has 1 aromatic heterocycles. The largest absolute Gasteiger partial charge is 0.310 e. The molecule has 0 fully saturated rings. The van der Waals surface area contributed by atoms with Crippen molar-refractivity contribution in [2.75, 3.05) is 4.90 Å². The van der Waals surface area contributed by atoms with Crippen LogP contribution >= 0.6 is 0 Å². The second-order valence-corrected chi connectivity index (χ2v) is 21.1. The molecule has 2 nitrogen and oxygen atoms in total. The normalized spacial score (nSPS) is 11.6. The lowest BCUT2D eigenvalue weighted by atomic mass is 10.00. The smallest absolute Gasteiger partial charge is 0.179 e. The molecule has 0 saturated heterocycles. The van der Waals surface area contributed by atoms with E-state index in [0.717, 1.165) is 28.3 Å². The highest BCUT2D eigenvalue weighted by Gasteiger charge is 2.41. The van der Waals surface area contributed by atoms with Crippen molar-refractivity contribution in [2.45, 2.75) is 0 Å². The van der Waals surface area contributed by atoms with Gasteiger partial charge in [-0.2, -0.15) is 0 Å². The summed E-state index contributed by atoms with van der Waals surface area (Å²) in [5.41, 5.74) is 11.5. The topological polar surface area (TPSA) is 8.17 Å². The van der Waals surface area contributed by atoms with Crippen LogP contribution in [0.1, 0.15) is 0 Å². The molecule has 0 N–H and O–H groups in total. The first-order valence-electron chi connectivity index (χ1n) is 23.1. The number of aromatic nitrogens is 1. The Morgan fingerprint density at radius 3 is 1.49 bits per heavy atom. The lowest BCUT2D eigenvalue weighted by molar-refractivity contribution is 1.18. The summed E-state index contributed by atoms with van der Waals surface area (Å²) in [7, 11) is -2.71. The summed E-state index contributed by atoms with van der Waals surface area (Å²) >= 11 is 0. The lowest BCUT2D eigenvalue weighted by Crippen LogP contribution is -2.74. The fourth-order valence-corrected chi connectivity index (χ4v) is 15.3. The third-order valence-electron chi connectivity index (χ3n) is 13.5. The molecule has 0 aliphatic rings. The minimum atomic E-state index is -2.71. The van der Waals surface area contributed by atoms with Gasteiger partial charge in [0.15, 0.2) is 8.07 Å². The first kappa shape index (κ1) is 40.0. The summed E-state index contributed by atoms with van der Waals surface area (Å²) in [5, 5.41) is 10.3. The monoisotopic (exact) mass is 870 g/mol. The van der Waals surface area contributed by atoms with Crippen LogP contribution in [0.3, 0.4) is 0 Å². The summed E-state index contributed by atoms with van der Waals surface area (Å²) in [6, 6.07) is 103. The average Bonchev–Trinajstić information content (AvgIpc) is 3.75. The molecule has 0 aliphatic carbocycles. The van der Waals surface area contributed by atoms with Gasteiger partial charge in [0.2, 0.25) is 0 Å². The number of rotatable bonds is 10. The maximum Gasteiger partial charge on any atom is 0.179 e. The van der Waals surface area contributed by atoms with Crippen molar-refractivity contribution in [3.05, 3.63) is 279 Å². The van der Waals surface area contributed by atoms with Crippen molar-refractivity contribution in [1.29, 1.82) is 0 Å². The van der Waals surface area contributed by atoms with Crippen LogP contribution in [0.4, 0.5) is 17.1 Å². The van der Waals surface area contributed by atoms with E-state index in [2.05, 4.69) is 289 Å². The van der Waals surface area contributed by atoms with Gasteiger partial charge in [-0.1, -0.05) is 218 Å². The number of anilines is 3. The van der Waals surface area contributed by atoms with E-state index in [9.17, 15) is 0 Å². The highest BCUT2D eigenvalue weighted by molar-refractivity contribution is 7.19. The molecule has 0 aliphatic heterocycles. The van der Waals surface area contributed by atoms with Gasteiger partial charge in [-0.05, 0) is 114 Å². The van der Waals surface area contributed by atoms with Gasteiger partial charge in [-0.25, -0.2) is 0 Å². The number of para-hydroxylation sites is 2. The van der Waals surface area contributed by atoms with Crippen molar-refractivity contribution in [1.82, 2.24) is 4.57 Å². The Labute approximate surface area is 392 Å². The molecule has 316 valence electrons. The molecule has 67 heavy (non-hydrogen) atoms. The van der Waals surface area contributed by atoms with E-state index in [-0.39, 0.29) is 0 Å². The van der Waals surface area contributed by atoms with Crippen molar-refractivity contribution in [2.24, 2.45) is 0 Å². The average molecular weight is 871 g/mol. The van der Waals surface area contributed by atoms with E-state index in [1.54, 1.807) is 0 Å². The third-order valence-corrected chi connectivity index (χ3v) is 18.3. The van der Waals surface area contributed by atoms with E-state index in [1.165, 1.54) is 70.1 Å². The van der Waals surface area contributed by atoms with Crippen molar-refractivity contribution in [3.63, 3.8) is 0 Å². The molecule has 1 heterocycles. The molecule has 3 heteroatoms. The Balaban J connectivity index is 1.03. The molecule has 0 bridgehead atoms. The zero-order valence-corrected chi connectivity index (χ0v) is 38.0. The summed E-state index contributed by atoms with van der Waals surface area (Å²) < 4.78 is 2.40. The maximum absolute atomic E-state index is 2.71. The van der Waals surface area contributed by atoms with E-state index in [0.29, 0.717) is 0 Å².